The van der Waals surface area contributed by atoms with Crippen LogP contribution in [-0.2, 0) is 25.3 Å². The molecule has 10 heteroatoms. The zero-order valence-electron chi connectivity index (χ0n) is 15.4. The van der Waals surface area contributed by atoms with Crippen LogP contribution in [0.3, 0.4) is 0 Å². The standard InChI is InChI=1S/C17H23FN2O6S/c1-17(2,3)26-16(23)19-7-8-20(14(10-19)15(21)22)27(24,25)11-12-5-4-6-13(18)9-12/h4-6,9,14H,7-8,10-11H2,1-3H3,(H,21,22). The second kappa shape index (κ2) is 7.81. The summed E-state index contributed by atoms with van der Waals surface area (Å²) in [5.41, 5.74) is -0.537. The van der Waals surface area contributed by atoms with E-state index in [2.05, 4.69) is 0 Å². The Balaban J connectivity index is 2.17. The molecule has 0 bridgehead atoms. The number of halogens is 1. The number of carboxylic acids is 1. The molecule has 27 heavy (non-hydrogen) atoms. The number of piperazine rings is 1. The third-order valence-corrected chi connectivity index (χ3v) is 5.71. The molecule has 0 aliphatic carbocycles. The van der Waals surface area contributed by atoms with E-state index >= 15 is 0 Å². The van der Waals surface area contributed by atoms with Crippen LogP contribution in [0.1, 0.15) is 26.3 Å². The second-order valence-corrected chi connectivity index (χ2v) is 9.20. The van der Waals surface area contributed by atoms with Crippen LogP contribution in [0, 0.1) is 5.82 Å². The number of hydrogen-bond acceptors (Lipinski definition) is 5. The van der Waals surface area contributed by atoms with Crippen LogP contribution in [0.2, 0.25) is 0 Å². The Morgan fingerprint density at radius 1 is 1.30 bits per heavy atom. The van der Waals surface area contributed by atoms with Crippen LogP contribution < -0.4 is 0 Å². The van der Waals surface area contributed by atoms with Gasteiger partial charge in [-0.25, -0.2) is 17.6 Å². The zero-order chi connectivity index (χ0) is 20.4. The molecule has 1 N–H and O–H groups in total. The molecule has 0 spiro atoms. The lowest BCUT2D eigenvalue weighted by Gasteiger charge is -2.38. The van der Waals surface area contributed by atoms with E-state index in [0.717, 1.165) is 10.4 Å². The van der Waals surface area contributed by atoms with Crippen LogP contribution in [0.4, 0.5) is 9.18 Å². The average Bonchev–Trinajstić information content (AvgIpc) is 2.52. The molecule has 1 aromatic rings. The third kappa shape index (κ3) is 5.64. The number of carbonyl (C=O) groups excluding carboxylic acids is 1. The molecule has 1 saturated heterocycles. The second-order valence-electron chi connectivity index (χ2n) is 7.28. The first-order valence-corrected chi connectivity index (χ1v) is 9.95. The van der Waals surface area contributed by atoms with Gasteiger partial charge >= 0.3 is 12.1 Å². The summed E-state index contributed by atoms with van der Waals surface area (Å²) in [5.74, 6) is -2.47. The largest absolute Gasteiger partial charge is 0.480 e. The fourth-order valence-corrected chi connectivity index (χ4v) is 4.38. The van der Waals surface area contributed by atoms with Crippen molar-refractivity contribution in [2.24, 2.45) is 0 Å². The number of carbonyl (C=O) groups is 2. The molecule has 0 radical (unpaired) electrons. The van der Waals surface area contributed by atoms with E-state index in [1.165, 1.54) is 23.1 Å². The molecule has 150 valence electrons. The van der Waals surface area contributed by atoms with Crippen molar-refractivity contribution in [1.82, 2.24) is 9.21 Å². The summed E-state index contributed by atoms with van der Waals surface area (Å²) in [5, 5.41) is 9.47. The molecule has 1 unspecified atom stereocenters. The Hall–Kier alpha value is -2.20. The molecule has 1 aliphatic rings. The summed E-state index contributed by atoms with van der Waals surface area (Å²) < 4.78 is 44.8. The maximum atomic E-state index is 13.3. The van der Waals surface area contributed by atoms with E-state index < -0.39 is 45.3 Å². The Morgan fingerprint density at radius 2 is 1.96 bits per heavy atom. The van der Waals surface area contributed by atoms with Crippen molar-refractivity contribution in [3.8, 4) is 0 Å². The highest BCUT2D eigenvalue weighted by Gasteiger charge is 2.41. The maximum absolute atomic E-state index is 13.3. The van der Waals surface area contributed by atoms with Crippen molar-refractivity contribution in [2.75, 3.05) is 19.6 Å². The predicted octanol–water partition coefficient (Wildman–Crippen LogP) is 1.66. The summed E-state index contributed by atoms with van der Waals surface area (Å²) in [7, 11) is -4.02. The van der Waals surface area contributed by atoms with Crippen molar-refractivity contribution < 1.29 is 32.2 Å². The summed E-state index contributed by atoms with van der Waals surface area (Å²) in [4.78, 5) is 25.0. The minimum Gasteiger partial charge on any atom is -0.480 e. The summed E-state index contributed by atoms with van der Waals surface area (Å²) in [6.07, 6.45) is -0.698. The molecule has 1 heterocycles. The highest BCUT2D eigenvalue weighted by molar-refractivity contribution is 7.88. The Bertz CT molecular complexity index is 821. The van der Waals surface area contributed by atoms with Crippen molar-refractivity contribution in [3.63, 3.8) is 0 Å². The van der Waals surface area contributed by atoms with Gasteiger partial charge in [-0.3, -0.25) is 4.79 Å². The van der Waals surface area contributed by atoms with Crippen LogP contribution in [0.5, 0.6) is 0 Å². The van der Waals surface area contributed by atoms with Gasteiger partial charge in [-0.05, 0) is 38.5 Å². The topological polar surface area (TPSA) is 104 Å². The highest BCUT2D eigenvalue weighted by Crippen LogP contribution is 2.21. The molecule has 0 saturated carbocycles. The lowest BCUT2D eigenvalue weighted by molar-refractivity contribution is -0.143. The minimum absolute atomic E-state index is 0.00107. The first-order valence-electron chi connectivity index (χ1n) is 8.34. The monoisotopic (exact) mass is 402 g/mol. The quantitative estimate of drug-likeness (QED) is 0.821. The molecule has 0 aromatic heterocycles. The third-order valence-electron chi connectivity index (χ3n) is 3.86. The van der Waals surface area contributed by atoms with Crippen molar-refractivity contribution >= 4 is 22.1 Å². The molecule has 1 atom stereocenters. The smallest absolute Gasteiger partial charge is 0.410 e. The zero-order valence-corrected chi connectivity index (χ0v) is 16.2. The summed E-state index contributed by atoms with van der Waals surface area (Å²) in [6.45, 7) is 4.53. The van der Waals surface area contributed by atoms with E-state index in [0.29, 0.717) is 0 Å². The van der Waals surface area contributed by atoms with Crippen LogP contribution >= 0.6 is 0 Å². The van der Waals surface area contributed by atoms with Gasteiger partial charge in [0.2, 0.25) is 10.0 Å². The number of aliphatic carboxylic acids is 1. The first-order chi connectivity index (χ1) is 12.4. The van der Waals surface area contributed by atoms with Gasteiger partial charge in [0, 0.05) is 13.1 Å². The van der Waals surface area contributed by atoms with Gasteiger partial charge in [0.25, 0.3) is 0 Å². The predicted molar refractivity (Wildman–Crippen MR) is 95.0 cm³/mol. The van der Waals surface area contributed by atoms with E-state index in [1.54, 1.807) is 20.8 Å². The number of rotatable bonds is 4. The summed E-state index contributed by atoms with van der Waals surface area (Å²) in [6, 6.07) is 3.67. The number of benzene rings is 1. The van der Waals surface area contributed by atoms with Gasteiger partial charge in [0.15, 0.2) is 0 Å². The highest BCUT2D eigenvalue weighted by atomic mass is 32.2. The van der Waals surface area contributed by atoms with Crippen LogP contribution in [-0.4, -0.2) is 66.1 Å². The minimum atomic E-state index is -4.02. The fraction of sp³-hybridized carbons (Fsp3) is 0.529. The van der Waals surface area contributed by atoms with E-state index in [-0.39, 0.29) is 25.2 Å². The Labute approximate surface area is 157 Å². The normalized spacial score (nSPS) is 19.0. The number of nitrogens with zero attached hydrogens (tertiary/aromatic N) is 2. The van der Waals surface area contributed by atoms with Crippen molar-refractivity contribution in [2.45, 2.75) is 38.2 Å². The first kappa shape index (κ1) is 21.1. The van der Waals surface area contributed by atoms with Gasteiger partial charge in [-0.1, -0.05) is 12.1 Å². The Morgan fingerprint density at radius 3 is 2.52 bits per heavy atom. The summed E-state index contributed by atoms with van der Waals surface area (Å²) >= 11 is 0. The van der Waals surface area contributed by atoms with Crippen molar-refractivity contribution in [3.05, 3.63) is 35.6 Å². The molecular formula is C17H23FN2O6S. The SMILES string of the molecule is CC(C)(C)OC(=O)N1CCN(S(=O)(=O)Cc2cccc(F)c2)C(C(=O)O)C1. The molecule has 8 nitrogen and oxygen atoms in total. The molecule has 1 fully saturated rings. The lowest BCUT2D eigenvalue weighted by atomic mass is 10.2. The van der Waals surface area contributed by atoms with Gasteiger partial charge in [0.05, 0.1) is 12.3 Å². The van der Waals surface area contributed by atoms with Gasteiger partial charge in [-0.2, -0.15) is 4.31 Å². The number of sulfonamides is 1. The molecule has 1 aliphatic heterocycles. The number of carboxylic acid groups (broad SMARTS) is 1. The number of ether oxygens (including phenoxy) is 1. The van der Waals surface area contributed by atoms with Gasteiger partial charge < -0.3 is 14.7 Å². The molecule has 2 rings (SSSR count). The van der Waals surface area contributed by atoms with Crippen LogP contribution in [0.25, 0.3) is 0 Å². The molecule has 1 amide bonds. The maximum Gasteiger partial charge on any atom is 0.410 e. The fourth-order valence-electron chi connectivity index (χ4n) is 2.71. The number of hydrogen-bond donors (Lipinski definition) is 1. The number of amides is 1. The Kier molecular flexibility index (Phi) is 6.10. The van der Waals surface area contributed by atoms with E-state index in [4.69, 9.17) is 4.74 Å². The van der Waals surface area contributed by atoms with Gasteiger partial charge in [0.1, 0.15) is 17.5 Å². The molecular weight excluding hydrogens is 379 g/mol. The lowest BCUT2D eigenvalue weighted by Crippen LogP contribution is -2.59. The van der Waals surface area contributed by atoms with E-state index in [9.17, 15) is 27.5 Å². The van der Waals surface area contributed by atoms with E-state index in [1.807, 2.05) is 0 Å². The van der Waals surface area contributed by atoms with Gasteiger partial charge in [-0.15, -0.1) is 0 Å². The molecule has 1 aromatic carbocycles. The van der Waals surface area contributed by atoms with Crippen LogP contribution in [0.15, 0.2) is 24.3 Å². The average molecular weight is 402 g/mol. The van der Waals surface area contributed by atoms with Crippen molar-refractivity contribution in [1.29, 1.82) is 0 Å².